The molecule has 0 heterocycles. The van der Waals surface area contributed by atoms with Crippen LogP contribution in [0.25, 0.3) is 0 Å². The molecule has 2 aromatic rings. The fraction of sp³-hybridized carbons (Fsp3) is 0.528. The van der Waals surface area contributed by atoms with E-state index in [1.54, 1.807) is 0 Å². The molecule has 0 aromatic heterocycles. The van der Waals surface area contributed by atoms with Gasteiger partial charge in [0, 0.05) is 51.2 Å². The molecule has 5 amide bonds. The molecule has 0 saturated carbocycles. The van der Waals surface area contributed by atoms with E-state index in [1.807, 2.05) is 20.8 Å². The Morgan fingerprint density at radius 2 is 1.08 bits per heavy atom. The zero-order valence-corrected chi connectivity index (χ0v) is 29.1. The van der Waals surface area contributed by atoms with E-state index in [2.05, 4.69) is 75.1 Å². The smallest absolute Gasteiger partial charge is 0.242 e. The van der Waals surface area contributed by atoms with Gasteiger partial charge >= 0.3 is 0 Å². The van der Waals surface area contributed by atoms with Gasteiger partial charge in [-0.3, -0.25) is 24.0 Å². The molecule has 13 nitrogen and oxygen atoms in total. The van der Waals surface area contributed by atoms with E-state index in [0.29, 0.717) is 45.8 Å². The van der Waals surface area contributed by atoms with Crippen molar-refractivity contribution >= 4 is 29.5 Å². The van der Waals surface area contributed by atoms with Crippen molar-refractivity contribution < 1.29 is 33.4 Å². The van der Waals surface area contributed by atoms with Gasteiger partial charge in [-0.2, -0.15) is 0 Å². The maximum absolute atomic E-state index is 13.2. The van der Waals surface area contributed by atoms with Crippen LogP contribution >= 0.6 is 0 Å². The third kappa shape index (κ3) is 17.6. The molecule has 2 rings (SSSR count). The molecule has 49 heavy (non-hydrogen) atoms. The number of nitrogens with two attached hydrogens (primary N) is 1. The molecule has 0 aliphatic carbocycles. The zero-order chi connectivity index (χ0) is 35.9. The molecule has 1 atom stereocenters. The first-order valence-corrected chi connectivity index (χ1v) is 17.0. The van der Waals surface area contributed by atoms with E-state index in [-0.39, 0.29) is 81.0 Å². The van der Waals surface area contributed by atoms with Crippen LogP contribution in [0.3, 0.4) is 0 Å². The van der Waals surface area contributed by atoms with E-state index in [1.165, 1.54) is 0 Å². The van der Waals surface area contributed by atoms with Crippen LogP contribution in [-0.2, 0) is 33.4 Å². The molecule has 270 valence electrons. The van der Waals surface area contributed by atoms with Crippen molar-refractivity contribution in [2.75, 3.05) is 52.7 Å². The summed E-state index contributed by atoms with van der Waals surface area (Å²) in [5.41, 5.74) is 9.71. The molecule has 0 bridgehead atoms. The predicted molar refractivity (Wildman–Crippen MR) is 187 cm³/mol. The molecule has 0 aliphatic rings. The van der Waals surface area contributed by atoms with Gasteiger partial charge in [-0.15, -0.1) is 0 Å². The highest BCUT2D eigenvalue weighted by Crippen LogP contribution is 2.25. The Morgan fingerprint density at radius 1 is 0.633 bits per heavy atom. The standard InChI is InChI=1S/C36H54N6O7/c1-4-5-31(36(47)40-24-30(28-10-6-26(2)7-11-28)29-12-8-27(3)9-13-29)42-35(46)17-16-33(44)39-19-21-49-23-22-48-20-18-38-32(43)14-15-34(45)41-25-37/h6-13,30-31H,4-5,14-25,37H2,1-3H3,(H,38,43)(H,39,44)(H,40,47)(H,41,45)(H,42,46). The molecule has 0 spiro atoms. The second-order valence-corrected chi connectivity index (χ2v) is 11.8. The normalized spacial score (nSPS) is 11.4. The Labute approximate surface area is 289 Å². The van der Waals surface area contributed by atoms with Crippen molar-refractivity contribution in [2.45, 2.75) is 71.3 Å². The van der Waals surface area contributed by atoms with E-state index in [4.69, 9.17) is 15.2 Å². The number of aryl methyl sites for hydroxylation is 2. The topological polar surface area (TPSA) is 190 Å². The quantitative estimate of drug-likeness (QED) is 0.0712. The summed E-state index contributed by atoms with van der Waals surface area (Å²) in [6.45, 7) is 8.23. The lowest BCUT2D eigenvalue weighted by Gasteiger charge is -2.22. The van der Waals surface area contributed by atoms with Gasteiger partial charge in [-0.1, -0.05) is 73.0 Å². The first kappa shape index (κ1) is 40.8. The maximum Gasteiger partial charge on any atom is 0.242 e. The minimum absolute atomic E-state index is 0.0122. The fourth-order valence-electron chi connectivity index (χ4n) is 4.86. The monoisotopic (exact) mass is 682 g/mol. The Morgan fingerprint density at radius 3 is 1.53 bits per heavy atom. The number of nitrogens with one attached hydrogen (secondary N) is 5. The van der Waals surface area contributed by atoms with Crippen molar-refractivity contribution in [3.05, 3.63) is 70.8 Å². The van der Waals surface area contributed by atoms with E-state index in [9.17, 15) is 24.0 Å². The van der Waals surface area contributed by atoms with Crippen LogP contribution in [0.5, 0.6) is 0 Å². The predicted octanol–water partition coefficient (Wildman–Crippen LogP) is 1.69. The number of carbonyl (C=O) groups is 5. The van der Waals surface area contributed by atoms with Crippen LogP contribution < -0.4 is 32.3 Å². The van der Waals surface area contributed by atoms with Crippen molar-refractivity contribution in [1.82, 2.24) is 26.6 Å². The number of rotatable bonds is 24. The fourth-order valence-corrected chi connectivity index (χ4v) is 4.86. The van der Waals surface area contributed by atoms with Gasteiger partial charge in [0.05, 0.1) is 33.1 Å². The minimum atomic E-state index is -0.696. The van der Waals surface area contributed by atoms with Gasteiger partial charge in [0.15, 0.2) is 0 Å². The first-order valence-electron chi connectivity index (χ1n) is 17.0. The van der Waals surface area contributed by atoms with Crippen LogP contribution in [0, 0.1) is 13.8 Å². The summed E-state index contributed by atoms with van der Waals surface area (Å²) in [5.74, 6) is -1.47. The number of hydrogen-bond acceptors (Lipinski definition) is 8. The zero-order valence-electron chi connectivity index (χ0n) is 29.1. The second kappa shape index (κ2) is 23.9. The average Bonchev–Trinajstić information content (AvgIpc) is 3.08. The largest absolute Gasteiger partial charge is 0.377 e. The Hall–Kier alpha value is -4.33. The summed E-state index contributed by atoms with van der Waals surface area (Å²) in [5, 5.41) is 13.6. The summed E-state index contributed by atoms with van der Waals surface area (Å²) >= 11 is 0. The summed E-state index contributed by atoms with van der Waals surface area (Å²) < 4.78 is 10.8. The second-order valence-electron chi connectivity index (χ2n) is 11.8. The molecule has 7 N–H and O–H groups in total. The van der Waals surface area contributed by atoms with Crippen LogP contribution in [0.4, 0.5) is 0 Å². The molecule has 13 heteroatoms. The first-order chi connectivity index (χ1) is 23.6. The third-order valence-electron chi connectivity index (χ3n) is 7.64. The molecular weight excluding hydrogens is 628 g/mol. The number of carbonyl (C=O) groups excluding carboxylic acids is 5. The number of benzene rings is 2. The summed E-state index contributed by atoms with van der Waals surface area (Å²) in [6.07, 6.45) is 1.28. The molecular formula is C36H54N6O7. The summed E-state index contributed by atoms with van der Waals surface area (Å²) in [6, 6.07) is 15.9. The van der Waals surface area contributed by atoms with Crippen LogP contribution in [0.2, 0.25) is 0 Å². The Balaban J connectivity index is 1.63. The summed E-state index contributed by atoms with van der Waals surface area (Å²) in [4.78, 5) is 61.1. The Kier molecular flexibility index (Phi) is 19.9. The van der Waals surface area contributed by atoms with E-state index < -0.39 is 6.04 Å². The maximum atomic E-state index is 13.2. The van der Waals surface area contributed by atoms with Gasteiger partial charge in [0.1, 0.15) is 6.04 Å². The molecule has 0 saturated heterocycles. The number of hydrogen-bond donors (Lipinski definition) is 6. The SMILES string of the molecule is CCCC(NC(=O)CCC(=O)NCCOCCOCCNC(=O)CCC(=O)NCN)C(=O)NCC(c1ccc(C)cc1)c1ccc(C)cc1. The number of amides is 5. The summed E-state index contributed by atoms with van der Waals surface area (Å²) in [7, 11) is 0. The van der Waals surface area contributed by atoms with Gasteiger partial charge in [0.2, 0.25) is 29.5 Å². The van der Waals surface area contributed by atoms with Crippen molar-refractivity contribution in [1.29, 1.82) is 0 Å². The van der Waals surface area contributed by atoms with Gasteiger partial charge in [0.25, 0.3) is 0 Å². The molecule has 0 radical (unpaired) electrons. The molecule has 0 fully saturated rings. The van der Waals surface area contributed by atoms with Gasteiger partial charge < -0.3 is 41.8 Å². The highest BCUT2D eigenvalue weighted by Gasteiger charge is 2.22. The van der Waals surface area contributed by atoms with Crippen molar-refractivity contribution in [2.24, 2.45) is 5.73 Å². The third-order valence-corrected chi connectivity index (χ3v) is 7.64. The Bertz CT molecular complexity index is 1260. The highest BCUT2D eigenvalue weighted by atomic mass is 16.5. The number of ether oxygens (including phenoxy) is 2. The van der Waals surface area contributed by atoms with E-state index in [0.717, 1.165) is 22.3 Å². The minimum Gasteiger partial charge on any atom is -0.377 e. The average molecular weight is 683 g/mol. The lowest BCUT2D eigenvalue weighted by atomic mass is 9.90. The lowest BCUT2D eigenvalue weighted by molar-refractivity contribution is -0.130. The van der Waals surface area contributed by atoms with Crippen molar-refractivity contribution in [3.8, 4) is 0 Å². The van der Waals surface area contributed by atoms with Gasteiger partial charge in [-0.25, -0.2) is 0 Å². The van der Waals surface area contributed by atoms with E-state index >= 15 is 0 Å². The van der Waals surface area contributed by atoms with Crippen molar-refractivity contribution in [3.63, 3.8) is 0 Å². The molecule has 2 aromatic carbocycles. The van der Waals surface area contributed by atoms with Crippen LogP contribution in [0.15, 0.2) is 48.5 Å². The van der Waals surface area contributed by atoms with Gasteiger partial charge in [-0.05, 0) is 31.4 Å². The molecule has 1 unspecified atom stereocenters. The molecule has 0 aliphatic heterocycles. The lowest BCUT2D eigenvalue weighted by Crippen LogP contribution is -2.47. The van der Waals surface area contributed by atoms with Crippen LogP contribution in [0.1, 0.15) is 73.6 Å². The highest BCUT2D eigenvalue weighted by molar-refractivity contribution is 5.89. The van der Waals surface area contributed by atoms with Crippen LogP contribution in [-0.4, -0.2) is 88.3 Å².